The summed E-state index contributed by atoms with van der Waals surface area (Å²) in [6.07, 6.45) is -1.17. The van der Waals surface area contributed by atoms with Crippen molar-refractivity contribution in [1.82, 2.24) is 0 Å². The molecule has 0 unspecified atom stereocenters. The molecule has 2 N–H and O–H groups in total. The van der Waals surface area contributed by atoms with Gasteiger partial charge in [-0.3, -0.25) is 14.9 Å². The van der Waals surface area contributed by atoms with E-state index in [1.165, 1.54) is 6.92 Å². The summed E-state index contributed by atoms with van der Waals surface area (Å²) in [7, 11) is 0. The fraction of sp³-hybridized carbons (Fsp3) is 0.348. The van der Waals surface area contributed by atoms with Gasteiger partial charge in [0.1, 0.15) is 11.9 Å². The maximum atomic E-state index is 12.7. The maximum Gasteiger partial charge on any atom is 0.412 e. The zero-order valence-electron chi connectivity index (χ0n) is 18.1. The molecule has 0 saturated carbocycles. The van der Waals surface area contributed by atoms with Crippen LogP contribution in [-0.2, 0) is 14.3 Å². The number of hydrogen-bond donors (Lipinski definition) is 3. The SMILES string of the molecule is CC(=O)c1ccc(NC(=O)O[C@H](c2cc(I)ccc2O)C(C)(C)CCOC(=O)CS)cc1. The molecular weight excluding hydrogens is 545 g/mol. The van der Waals surface area contributed by atoms with E-state index in [2.05, 4.69) is 40.5 Å². The van der Waals surface area contributed by atoms with Crippen molar-refractivity contribution in [3.8, 4) is 5.75 Å². The van der Waals surface area contributed by atoms with Crippen molar-refractivity contribution in [3.63, 3.8) is 0 Å². The lowest BCUT2D eigenvalue weighted by atomic mass is 9.79. The normalized spacial score (nSPS) is 12.0. The lowest BCUT2D eigenvalue weighted by Gasteiger charge is -2.34. The number of amides is 1. The van der Waals surface area contributed by atoms with Crippen LogP contribution in [0.5, 0.6) is 5.75 Å². The Bertz CT molecular complexity index is 977. The van der Waals surface area contributed by atoms with Crippen molar-refractivity contribution < 1.29 is 29.0 Å². The molecule has 2 aromatic rings. The van der Waals surface area contributed by atoms with Crippen molar-refractivity contribution in [2.75, 3.05) is 17.7 Å². The van der Waals surface area contributed by atoms with Crippen molar-refractivity contribution >= 4 is 58.8 Å². The minimum absolute atomic E-state index is 0.00513. The molecule has 172 valence electrons. The first-order valence-electron chi connectivity index (χ1n) is 9.87. The first-order chi connectivity index (χ1) is 15.0. The van der Waals surface area contributed by atoms with Crippen molar-refractivity contribution in [2.45, 2.75) is 33.3 Å². The Morgan fingerprint density at radius 3 is 2.41 bits per heavy atom. The molecule has 2 rings (SSSR count). The van der Waals surface area contributed by atoms with E-state index in [1.807, 2.05) is 13.8 Å². The van der Waals surface area contributed by atoms with Gasteiger partial charge in [-0.15, -0.1) is 0 Å². The van der Waals surface area contributed by atoms with Gasteiger partial charge in [-0.05, 0) is 78.4 Å². The molecule has 0 aromatic heterocycles. The number of phenolic OH excluding ortho intramolecular Hbond substituents is 1. The Labute approximate surface area is 206 Å². The number of Topliss-reactive ketones (excluding diaryl/α,β-unsaturated/α-hetero) is 1. The number of rotatable bonds is 9. The first-order valence-corrected chi connectivity index (χ1v) is 11.6. The highest BCUT2D eigenvalue weighted by Crippen LogP contribution is 2.43. The highest BCUT2D eigenvalue weighted by atomic mass is 127. The number of phenols is 1. The van der Waals surface area contributed by atoms with E-state index >= 15 is 0 Å². The van der Waals surface area contributed by atoms with Crippen LogP contribution in [-0.4, -0.2) is 35.3 Å². The van der Waals surface area contributed by atoms with E-state index in [1.54, 1.807) is 42.5 Å². The summed E-state index contributed by atoms with van der Waals surface area (Å²) in [6.45, 7) is 5.30. The van der Waals surface area contributed by atoms with E-state index in [0.717, 1.165) is 3.57 Å². The molecule has 9 heteroatoms. The number of aromatic hydroxyl groups is 1. The van der Waals surface area contributed by atoms with Gasteiger partial charge < -0.3 is 14.6 Å². The van der Waals surface area contributed by atoms with Crippen molar-refractivity contribution in [1.29, 1.82) is 0 Å². The van der Waals surface area contributed by atoms with Crippen LogP contribution in [0.2, 0.25) is 0 Å². The molecule has 0 heterocycles. The second-order valence-corrected chi connectivity index (χ2v) is 9.43. The summed E-state index contributed by atoms with van der Waals surface area (Å²) in [4.78, 5) is 35.6. The van der Waals surface area contributed by atoms with Gasteiger partial charge in [0, 0.05) is 25.8 Å². The van der Waals surface area contributed by atoms with Gasteiger partial charge in [0.05, 0.1) is 12.4 Å². The number of halogens is 1. The second kappa shape index (κ2) is 11.6. The Morgan fingerprint density at radius 2 is 1.81 bits per heavy atom. The lowest BCUT2D eigenvalue weighted by Crippen LogP contribution is -2.30. The molecule has 0 aliphatic carbocycles. The number of ketones is 1. The quantitative estimate of drug-likeness (QED) is 0.162. The molecule has 0 aliphatic rings. The molecule has 1 amide bonds. The summed E-state index contributed by atoms with van der Waals surface area (Å²) in [6, 6.07) is 11.5. The van der Waals surface area contributed by atoms with Gasteiger partial charge in [0.15, 0.2) is 5.78 Å². The smallest absolute Gasteiger partial charge is 0.412 e. The average molecular weight is 571 g/mol. The van der Waals surface area contributed by atoms with Gasteiger partial charge in [-0.1, -0.05) is 13.8 Å². The molecule has 0 aliphatic heterocycles. The largest absolute Gasteiger partial charge is 0.508 e. The van der Waals surface area contributed by atoms with Gasteiger partial charge in [-0.25, -0.2) is 4.79 Å². The van der Waals surface area contributed by atoms with E-state index in [0.29, 0.717) is 23.2 Å². The summed E-state index contributed by atoms with van der Waals surface area (Å²) >= 11 is 6.00. The van der Waals surface area contributed by atoms with Gasteiger partial charge in [0.25, 0.3) is 0 Å². The van der Waals surface area contributed by atoms with Gasteiger partial charge in [-0.2, -0.15) is 12.6 Å². The fourth-order valence-electron chi connectivity index (χ4n) is 3.03. The predicted molar refractivity (Wildman–Crippen MR) is 133 cm³/mol. The molecule has 0 radical (unpaired) electrons. The standard InChI is InChI=1S/C23H26INO6S/c1-14(26)15-4-7-17(8-5-15)25-22(29)31-21(18-12-16(24)6-9-19(18)27)23(2,3)10-11-30-20(28)13-32/h4-9,12,21,27,32H,10-11,13H2,1-3H3,(H,25,29)/t21-/m1/s1. The molecule has 32 heavy (non-hydrogen) atoms. The molecule has 1 atom stereocenters. The summed E-state index contributed by atoms with van der Waals surface area (Å²) in [5.41, 5.74) is 0.757. The topological polar surface area (TPSA) is 102 Å². The summed E-state index contributed by atoms with van der Waals surface area (Å²) in [5.74, 6) is -0.545. The van der Waals surface area contributed by atoms with Gasteiger partial charge in [0.2, 0.25) is 0 Å². The second-order valence-electron chi connectivity index (χ2n) is 7.86. The van der Waals surface area contributed by atoms with E-state index in [4.69, 9.17) is 9.47 Å². The molecule has 0 spiro atoms. The summed E-state index contributed by atoms with van der Waals surface area (Å²) < 4.78 is 11.8. The number of carbonyl (C=O) groups excluding carboxylic acids is 3. The highest BCUT2D eigenvalue weighted by Gasteiger charge is 2.36. The molecular formula is C23H26INO6S. The van der Waals surface area contributed by atoms with E-state index in [9.17, 15) is 19.5 Å². The van der Waals surface area contributed by atoms with Crippen molar-refractivity contribution in [3.05, 3.63) is 57.2 Å². The average Bonchev–Trinajstić information content (AvgIpc) is 2.74. The minimum atomic E-state index is -0.830. The third-order valence-corrected chi connectivity index (χ3v) is 5.81. The van der Waals surface area contributed by atoms with Crippen LogP contribution in [0.15, 0.2) is 42.5 Å². The third kappa shape index (κ3) is 7.40. The van der Waals surface area contributed by atoms with Crippen molar-refractivity contribution in [2.24, 2.45) is 5.41 Å². The summed E-state index contributed by atoms with van der Waals surface area (Å²) in [5, 5.41) is 13.1. The van der Waals surface area contributed by atoms with Crippen LogP contribution in [0.1, 0.15) is 49.2 Å². The lowest BCUT2D eigenvalue weighted by molar-refractivity contribution is -0.141. The molecule has 0 saturated heterocycles. The number of thiol groups is 1. The first kappa shape index (κ1) is 26.0. The van der Waals surface area contributed by atoms with E-state index < -0.39 is 23.6 Å². The third-order valence-electron chi connectivity index (χ3n) is 4.88. The van der Waals surface area contributed by atoms with Crippen LogP contribution in [0, 0.1) is 8.99 Å². The maximum absolute atomic E-state index is 12.7. The van der Waals surface area contributed by atoms with Crippen LogP contribution in [0.3, 0.4) is 0 Å². The minimum Gasteiger partial charge on any atom is -0.508 e. The number of anilines is 1. The van der Waals surface area contributed by atoms with Crippen LogP contribution < -0.4 is 5.32 Å². The number of nitrogens with one attached hydrogen (secondary N) is 1. The van der Waals surface area contributed by atoms with Crippen LogP contribution >= 0.6 is 35.2 Å². The monoisotopic (exact) mass is 571 g/mol. The molecule has 0 bridgehead atoms. The number of carbonyl (C=O) groups is 3. The number of hydrogen-bond acceptors (Lipinski definition) is 7. The zero-order valence-corrected chi connectivity index (χ0v) is 21.1. The predicted octanol–water partition coefficient (Wildman–Crippen LogP) is 5.38. The molecule has 7 nitrogen and oxygen atoms in total. The zero-order chi connectivity index (χ0) is 23.9. The molecule has 0 fully saturated rings. The Hall–Kier alpha value is -2.27. The van der Waals surface area contributed by atoms with Gasteiger partial charge >= 0.3 is 12.1 Å². The number of esters is 1. The van der Waals surface area contributed by atoms with E-state index in [-0.39, 0.29) is 23.9 Å². The van der Waals surface area contributed by atoms with Crippen LogP contribution in [0.4, 0.5) is 10.5 Å². The number of ether oxygens (including phenoxy) is 2. The Morgan fingerprint density at radius 1 is 1.16 bits per heavy atom. The Kier molecular flexibility index (Phi) is 9.38. The van der Waals surface area contributed by atoms with Crippen LogP contribution in [0.25, 0.3) is 0 Å². The highest BCUT2D eigenvalue weighted by molar-refractivity contribution is 14.1. The fourth-order valence-corrected chi connectivity index (χ4v) is 3.63. The molecule has 2 aromatic carbocycles. The Balaban J connectivity index is 2.23. The number of benzene rings is 2.